The summed E-state index contributed by atoms with van der Waals surface area (Å²) >= 11 is 0. The van der Waals surface area contributed by atoms with Crippen molar-refractivity contribution in [3.05, 3.63) is 12.7 Å². The highest BCUT2D eigenvalue weighted by Crippen LogP contribution is 2.39. The summed E-state index contributed by atoms with van der Waals surface area (Å²) in [6, 6.07) is 0. The Hall–Kier alpha value is -1.32. The van der Waals surface area contributed by atoms with Gasteiger partial charge in [-0.05, 0) is 39.0 Å². The van der Waals surface area contributed by atoms with Gasteiger partial charge in [0, 0.05) is 0 Å². The van der Waals surface area contributed by atoms with Gasteiger partial charge in [0.2, 0.25) is 0 Å². The molecule has 0 aromatic carbocycles. The zero-order chi connectivity index (χ0) is 12.7. The van der Waals surface area contributed by atoms with E-state index in [4.69, 9.17) is 9.94 Å². The van der Waals surface area contributed by atoms with Crippen molar-refractivity contribution in [3.63, 3.8) is 0 Å². The molecule has 1 unspecified atom stereocenters. The van der Waals surface area contributed by atoms with Gasteiger partial charge in [0.15, 0.2) is 0 Å². The molecule has 1 aliphatic carbocycles. The zero-order valence-corrected chi connectivity index (χ0v) is 10.4. The summed E-state index contributed by atoms with van der Waals surface area (Å²) in [5, 5.41) is 12.4. The van der Waals surface area contributed by atoms with Crippen LogP contribution in [0.2, 0.25) is 0 Å². The maximum atomic E-state index is 12.1. The van der Waals surface area contributed by atoms with Crippen molar-refractivity contribution in [1.29, 1.82) is 0 Å². The Balaban J connectivity index is 2.97. The standard InChI is InChI=1S/C13H21NO3/c1-3-5-9-13(12(15)17-4-2)10-7-6-8-11(13)14-16/h3,16H,1,4-10H2,2H3/b14-11-. The van der Waals surface area contributed by atoms with E-state index in [-0.39, 0.29) is 5.97 Å². The van der Waals surface area contributed by atoms with Crippen LogP contribution in [0.4, 0.5) is 0 Å². The Labute approximate surface area is 102 Å². The maximum absolute atomic E-state index is 12.1. The van der Waals surface area contributed by atoms with E-state index in [1.807, 2.05) is 0 Å². The summed E-state index contributed by atoms with van der Waals surface area (Å²) in [7, 11) is 0. The van der Waals surface area contributed by atoms with E-state index in [0.29, 0.717) is 31.6 Å². The van der Waals surface area contributed by atoms with Crippen molar-refractivity contribution in [1.82, 2.24) is 0 Å². The fourth-order valence-electron chi connectivity index (χ4n) is 2.46. The van der Waals surface area contributed by atoms with Gasteiger partial charge in [0.1, 0.15) is 5.41 Å². The Bertz CT molecular complexity index is 312. The number of nitrogens with zero attached hydrogens (tertiary/aromatic N) is 1. The number of oxime groups is 1. The molecular weight excluding hydrogens is 218 g/mol. The molecule has 1 fully saturated rings. The zero-order valence-electron chi connectivity index (χ0n) is 10.4. The fourth-order valence-corrected chi connectivity index (χ4v) is 2.46. The van der Waals surface area contributed by atoms with Crippen molar-refractivity contribution in [3.8, 4) is 0 Å². The van der Waals surface area contributed by atoms with E-state index in [1.54, 1.807) is 13.0 Å². The van der Waals surface area contributed by atoms with Gasteiger partial charge < -0.3 is 9.94 Å². The number of esters is 1. The SMILES string of the molecule is C=CCCC1(C(=O)OCC)CCCC/C1=N/O. The van der Waals surface area contributed by atoms with E-state index >= 15 is 0 Å². The van der Waals surface area contributed by atoms with Crippen LogP contribution in [-0.4, -0.2) is 23.5 Å². The van der Waals surface area contributed by atoms with Gasteiger partial charge in [-0.25, -0.2) is 0 Å². The Kier molecular flexibility index (Phi) is 5.19. The molecule has 96 valence electrons. The molecule has 1 N–H and O–H groups in total. The molecule has 0 spiro atoms. The molecule has 0 saturated heterocycles. The first-order valence-electron chi connectivity index (χ1n) is 6.20. The van der Waals surface area contributed by atoms with Crippen LogP contribution in [0.3, 0.4) is 0 Å². The molecule has 1 atom stereocenters. The number of allylic oxidation sites excluding steroid dienone is 1. The largest absolute Gasteiger partial charge is 0.465 e. The lowest BCUT2D eigenvalue weighted by molar-refractivity contribution is -0.152. The molecule has 0 amide bonds. The molecule has 0 aromatic rings. The van der Waals surface area contributed by atoms with Crippen molar-refractivity contribution < 1.29 is 14.7 Å². The predicted octanol–water partition coefficient (Wildman–Crippen LogP) is 2.91. The van der Waals surface area contributed by atoms with Gasteiger partial charge in [-0.2, -0.15) is 0 Å². The average molecular weight is 239 g/mol. The minimum absolute atomic E-state index is 0.255. The van der Waals surface area contributed by atoms with E-state index in [2.05, 4.69) is 11.7 Å². The van der Waals surface area contributed by atoms with Crippen LogP contribution < -0.4 is 0 Å². The highest BCUT2D eigenvalue weighted by Gasteiger charge is 2.45. The maximum Gasteiger partial charge on any atom is 0.317 e. The van der Waals surface area contributed by atoms with Gasteiger partial charge in [-0.1, -0.05) is 17.7 Å². The third-order valence-electron chi connectivity index (χ3n) is 3.38. The molecule has 4 heteroatoms. The lowest BCUT2D eigenvalue weighted by atomic mass is 9.69. The Morgan fingerprint density at radius 3 is 3.00 bits per heavy atom. The van der Waals surface area contributed by atoms with Crippen LogP contribution in [0, 0.1) is 5.41 Å². The van der Waals surface area contributed by atoms with Crippen molar-refractivity contribution in [2.45, 2.75) is 45.4 Å². The smallest absolute Gasteiger partial charge is 0.317 e. The summed E-state index contributed by atoms with van der Waals surface area (Å²) in [5.74, 6) is -0.255. The van der Waals surface area contributed by atoms with Gasteiger partial charge in [-0.3, -0.25) is 4.79 Å². The highest BCUT2D eigenvalue weighted by molar-refractivity contribution is 6.07. The molecule has 1 saturated carbocycles. The average Bonchev–Trinajstić information content (AvgIpc) is 2.36. The van der Waals surface area contributed by atoms with E-state index in [1.165, 1.54) is 0 Å². The van der Waals surface area contributed by atoms with Crippen molar-refractivity contribution >= 4 is 11.7 Å². The molecule has 1 rings (SSSR count). The first-order chi connectivity index (χ1) is 8.21. The first kappa shape index (κ1) is 13.7. The molecule has 0 aliphatic heterocycles. The van der Waals surface area contributed by atoms with Gasteiger partial charge in [0.05, 0.1) is 12.3 Å². The normalized spacial score (nSPS) is 26.8. The summed E-state index contributed by atoms with van der Waals surface area (Å²) in [4.78, 5) is 12.1. The lowest BCUT2D eigenvalue weighted by Crippen LogP contribution is -2.43. The van der Waals surface area contributed by atoms with Crippen molar-refractivity contribution in [2.75, 3.05) is 6.61 Å². The van der Waals surface area contributed by atoms with Crippen LogP contribution in [-0.2, 0) is 9.53 Å². The molecule has 17 heavy (non-hydrogen) atoms. The summed E-state index contributed by atoms with van der Waals surface area (Å²) in [6.45, 7) is 5.82. The minimum atomic E-state index is -0.725. The minimum Gasteiger partial charge on any atom is -0.465 e. The summed E-state index contributed by atoms with van der Waals surface area (Å²) < 4.78 is 5.15. The van der Waals surface area contributed by atoms with Gasteiger partial charge in [-0.15, -0.1) is 6.58 Å². The number of carbonyl (C=O) groups excluding carboxylic acids is 1. The third-order valence-corrected chi connectivity index (χ3v) is 3.38. The van der Waals surface area contributed by atoms with Crippen LogP contribution in [0.15, 0.2) is 17.8 Å². The molecule has 0 bridgehead atoms. The number of hydrogen-bond acceptors (Lipinski definition) is 4. The number of carbonyl (C=O) groups is 1. The van der Waals surface area contributed by atoms with E-state index in [9.17, 15) is 4.79 Å². The van der Waals surface area contributed by atoms with Crippen LogP contribution >= 0.6 is 0 Å². The summed E-state index contributed by atoms with van der Waals surface area (Å²) in [6.07, 6.45) is 6.44. The van der Waals surface area contributed by atoms with Crippen LogP contribution in [0.1, 0.15) is 45.4 Å². The van der Waals surface area contributed by atoms with Gasteiger partial charge >= 0.3 is 5.97 Å². The molecule has 1 aliphatic rings. The van der Waals surface area contributed by atoms with E-state index in [0.717, 1.165) is 19.3 Å². The third kappa shape index (κ3) is 2.87. The second kappa shape index (κ2) is 6.42. The second-order valence-electron chi connectivity index (χ2n) is 4.38. The quantitative estimate of drug-likeness (QED) is 0.347. The molecule has 0 heterocycles. The molecule has 4 nitrogen and oxygen atoms in total. The molecule has 0 aromatic heterocycles. The number of hydrogen-bond donors (Lipinski definition) is 1. The Morgan fingerprint density at radius 1 is 1.65 bits per heavy atom. The van der Waals surface area contributed by atoms with Gasteiger partial charge in [0.25, 0.3) is 0 Å². The number of ether oxygens (including phenoxy) is 1. The van der Waals surface area contributed by atoms with Crippen LogP contribution in [0.25, 0.3) is 0 Å². The lowest BCUT2D eigenvalue weighted by Gasteiger charge is -2.35. The topological polar surface area (TPSA) is 58.9 Å². The predicted molar refractivity (Wildman–Crippen MR) is 66.2 cm³/mol. The van der Waals surface area contributed by atoms with E-state index < -0.39 is 5.41 Å². The second-order valence-corrected chi connectivity index (χ2v) is 4.38. The number of rotatable bonds is 5. The summed E-state index contributed by atoms with van der Waals surface area (Å²) in [5.41, 5.74) is -0.152. The molecular formula is C13H21NO3. The highest BCUT2D eigenvalue weighted by atomic mass is 16.5. The fraction of sp³-hybridized carbons (Fsp3) is 0.692. The van der Waals surface area contributed by atoms with Crippen LogP contribution in [0.5, 0.6) is 0 Å². The first-order valence-corrected chi connectivity index (χ1v) is 6.20. The monoisotopic (exact) mass is 239 g/mol. The molecule has 0 radical (unpaired) electrons. The Morgan fingerprint density at radius 2 is 2.41 bits per heavy atom. The van der Waals surface area contributed by atoms with Crippen molar-refractivity contribution in [2.24, 2.45) is 10.6 Å².